The van der Waals surface area contributed by atoms with E-state index < -0.39 is 13.3 Å². The first-order chi connectivity index (χ1) is 17.3. The summed E-state index contributed by atoms with van der Waals surface area (Å²) < 4.78 is 22.0. The molecule has 0 rings (SSSR count). The Bertz CT molecular complexity index is 548. The summed E-state index contributed by atoms with van der Waals surface area (Å²) in [6, 6.07) is 0. The number of carboxylic acid groups (broad SMARTS) is 1. The van der Waals surface area contributed by atoms with Gasteiger partial charge in [0, 0.05) is 11.9 Å². The van der Waals surface area contributed by atoms with Gasteiger partial charge in [0.2, 0.25) is 0 Å². The van der Waals surface area contributed by atoms with Gasteiger partial charge in [0.1, 0.15) is 0 Å². The van der Waals surface area contributed by atoms with Crippen LogP contribution in [-0.2, 0) is 13.8 Å². The van der Waals surface area contributed by atoms with Crippen molar-refractivity contribution in [1.82, 2.24) is 0 Å². The zero-order valence-corrected chi connectivity index (χ0v) is 25.3. The van der Waals surface area contributed by atoms with E-state index in [-0.39, 0.29) is 12.7 Å². The Balaban J connectivity index is 4.18. The molecule has 0 saturated carbocycles. The molecule has 0 aliphatic carbocycles. The van der Waals surface area contributed by atoms with Gasteiger partial charge in [-0.25, -0.2) is 9.36 Å². The zero-order chi connectivity index (χ0) is 26.9. The van der Waals surface area contributed by atoms with E-state index in [9.17, 15) is 14.3 Å². The summed E-state index contributed by atoms with van der Waals surface area (Å²) in [5.41, 5.74) is -1.81. The average Bonchev–Trinajstić information content (AvgIpc) is 2.84. The lowest BCUT2D eigenvalue weighted by Gasteiger charge is -2.24. The van der Waals surface area contributed by atoms with Crippen LogP contribution in [-0.4, -0.2) is 46.0 Å². The molecule has 0 aliphatic rings. The van der Waals surface area contributed by atoms with Crippen LogP contribution in [0.25, 0.3) is 0 Å². The second kappa shape index (κ2) is 25.2. The first kappa shape index (κ1) is 35.9. The highest BCUT2D eigenvalue weighted by atomic mass is 32.2. The van der Waals surface area contributed by atoms with Crippen molar-refractivity contribution in [3.8, 4) is 0 Å². The Morgan fingerprint density at radius 3 is 1.72 bits per heavy atom. The number of thioether (sulfide) groups is 1. The van der Waals surface area contributed by atoms with Gasteiger partial charge in [-0.15, -0.1) is 0 Å². The summed E-state index contributed by atoms with van der Waals surface area (Å²) in [5.74, 6) is 1.17. The third-order valence-corrected chi connectivity index (χ3v) is 9.21. The maximum atomic E-state index is 11.3. The van der Waals surface area contributed by atoms with Crippen LogP contribution in [0.5, 0.6) is 0 Å². The zero-order valence-electron chi connectivity index (χ0n) is 23.6. The van der Waals surface area contributed by atoms with Gasteiger partial charge in [0.05, 0.1) is 12.7 Å². The smallest absolute Gasteiger partial charge is 0.435 e. The van der Waals surface area contributed by atoms with Crippen molar-refractivity contribution in [1.29, 1.82) is 0 Å². The molecule has 0 bridgehead atoms. The molecular weight excluding hydrogens is 495 g/mol. The first-order valence-corrected chi connectivity index (χ1v) is 17.4. The molecule has 216 valence electrons. The van der Waals surface area contributed by atoms with Crippen LogP contribution in [0.2, 0.25) is 0 Å². The van der Waals surface area contributed by atoms with Crippen LogP contribution in [0.15, 0.2) is 0 Å². The third-order valence-electron chi connectivity index (χ3n) is 6.62. The van der Waals surface area contributed by atoms with Crippen LogP contribution in [0.3, 0.4) is 0 Å². The predicted octanol–water partition coefficient (Wildman–Crippen LogP) is 9.82. The van der Waals surface area contributed by atoms with E-state index >= 15 is 0 Å². The monoisotopic (exact) mass is 552 g/mol. The SMILES string of the molecule is CCCCCCCCCCCCSC(CCCCCCCCC)C(C)OCCCOP(=O)(O)C(=O)O. The first-order valence-electron chi connectivity index (χ1n) is 14.8. The summed E-state index contributed by atoms with van der Waals surface area (Å²) in [5, 5.41) is 9.10. The van der Waals surface area contributed by atoms with Gasteiger partial charge in [0.25, 0.3) is 0 Å². The largest absolute Gasteiger partial charge is 0.472 e. The Morgan fingerprint density at radius 1 is 0.750 bits per heavy atom. The van der Waals surface area contributed by atoms with Gasteiger partial charge >= 0.3 is 13.3 Å². The highest BCUT2D eigenvalue weighted by molar-refractivity contribution is 7.99. The van der Waals surface area contributed by atoms with E-state index in [1.54, 1.807) is 0 Å². The second-order valence-electron chi connectivity index (χ2n) is 10.1. The van der Waals surface area contributed by atoms with Crippen molar-refractivity contribution < 1.29 is 28.6 Å². The van der Waals surface area contributed by atoms with Crippen LogP contribution < -0.4 is 0 Å². The predicted molar refractivity (Wildman–Crippen MR) is 155 cm³/mol. The molecule has 0 radical (unpaired) electrons. The van der Waals surface area contributed by atoms with Gasteiger partial charge in [0.15, 0.2) is 0 Å². The normalized spacial score (nSPS) is 15.0. The molecule has 0 saturated heterocycles. The van der Waals surface area contributed by atoms with Crippen LogP contribution in [0.1, 0.15) is 143 Å². The highest BCUT2D eigenvalue weighted by Crippen LogP contribution is 2.42. The average molecular weight is 553 g/mol. The van der Waals surface area contributed by atoms with Crippen molar-refractivity contribution in [3.05, 3.63) is 0 Å². The summed E-state index contributed by atoms with van der Waals surface area (Å²) >= 11 is 2.03. The Labute approximate surface area is 226 Å². The summed E-state index contributed by atoms with van der Waals surface area (Å²) in [7, 11) is -4.56. The lowest BCUT2D eigenvalue weighted by molar-refractivity contribution is 0.0537. The lowest BCUT2D eigenvalue weighted by atomic mass is 10.1. The van der Waals surface area contributed by atoms with Crippen LogP contribution in [0, 0.1) is 0 Å². The Hall–Kier alpha value is -0.0700. The second-order valence-corrected chi connectivity index (χ2v) is 13.1. The maximum Gasteiger partial charge on any atom is 0.435 e. The van der Waals surface area contributed by atoms with E-state index in [4.69, 9.17) is 9.84 Å². The van der Waals surface area contributed by atoms with Gasteiger partial charge in [-0.2, -0.15) is 11.8 Å². The van der Waals surface area contributed by atoms with Crippen molar-refractivity contribution in [2.24, 2.45) is 0 Å². The molecule has 0 amide bonds. The van der Waals surface area contributed by atoms with Crippen molar-refractivity contribution in [3.63, 3.8) is 0 Å². The number of ether oxygens (including phenoxy) is 1. The van der Waals surface area contributed by atoms with Crippen LogP contribution in [0.4, 0.5) is 4.79 Å². The number of rotatable bonds is 28. The summed E-state index contributed by atoms with van der Waals surface area (Å²) in [4.78, 5) is 19.9. The molecule has 6 nitrogen and oxygen atoms in total. The number of hydrogen-bond acceptors (Lipinski definition) is 5. The standard InChI is InChI=1S/C28H57O6PS/c1-4-6-8-10-12-13-14-16-18-20-25-36-27(22-19-17-15-11-9-7-5-2)26(3)33-23-21-24-34-35(31,32)28(29)30/h26-27H,4-25H2,1-3H3,(H,29,30)(H,31,32). The van der Waals surface area contributed by atoms with Crippen molar-refractivity contribution in [2.75, 3.05) is 19.0 Å². The molecule has 2 N–H and O–H groups in total. The molecule has 0 fully saturated rings. The minimum atomic E-state index is -4.56. The fourth-order valence-electron chi connectivity index (χ4n) is 4.26. The fraction of sp³-hybridized carbons (Fsp3) is 0.964. The molecule has 8 heteroatoms. The number of hydrogen-bond donors (Lipinski definition) is 2. The highest BCUT2D eigenvalue weighted by Gasteiger charge is 2.29. The molecule has 3 unspecified atom stereocenters. The Morgan fingerprint density at radius 2 is 1.22 bits per heavy atom. The number of carbonyl (C=O) groups is 1. The molecule has 36 heavy (non-hydrogen) atoms. The maximum absolute atomic E-state index is 11.3. The topological polar surface area (TPSA) is 93.1 Å². The van der Waals surface area contributed by atoms with E-state index in [2.05, 4.69) is 25.3 Å². The molecule has 0 aliphatic heterocycles. The van der Waals surface area contributed by atoms with Gasteiger partial charge in [-0.3, -0.25) is 0 Å². The lowest BCUT2D eigenvalue weighted by Crippen LogP contribution is -2.25. The van der Waals surface area contributed by atoms with Gasteiger partial charge in [-0.1, -0.05) is 117 Å². The summed E-state index contributed by atoms with van der Waals surface area (Å²) in [6.07, 6.45) is 24.3. The molecular formula is C28H57O6PS. The molecule has 0 aromatic heterocycles. The van der Waals surface area contributed by atoms with E-state index in [1.165, 1.54) is 115 Å². The third kappa shape index (κ3) is 22.0. The summed E-state index contributed by atoms with van der Waals surface area (Å²) in [6.45, 7) is 6.93. The minimum Gasteiger partial charge on any atom is -0.472 e. The van der Waals surface area contributed by atoms with E-state index in [0.29, 0.717) is 18.3 Å². The van der Waals surface area contributed by atoms with Gasteiger partial charge < -0.3 is 19.3 Å². The van der Waals surface area contributed by atoms with Gasteiger partial charge in [-0.05, 0) is 31.9 Å². The molecule has 3 atom stereocenters. The minimum absolute atomic E-state index is 0.0959. The molecule has 0 heterocycles. The quantitative estimate of drug-likeness (QED) is 0.0737. The fourth-order valence-corrected chi connectivity index (χ4v) is 6.10. The van der Waals surface area contributed by atoms with Crippen molar-refractivity contribution >= 4 is 25.1 Å². The van der Waals surface area contributed by atoms with Crippen LogP contribution >= 0.6 is 19.4 Å². The van der Waals surface area contributed by atoms with E-state index in [1.807, 2.05) is 11.8 Å². The molecule has 0 aromatic rings. The number of unbranched alkanes of at least 4 members (excludes halogenated alkanes) is 15. The van der Waals surface area contributed by atoms with Crippen molar-refractivity contribution in [2.45, 2.75) is 154 Å². The Kier molecular flexibility index (Phi) is 25.2. The molecule has 0 aromatic carbocycles. The molecule has 0 spiro atoms. The van der Waals surface area contributed by atoms with E-state index in [0.717, 1.165) is 6.42 Å².